The molecular weight excluding hydrogens is 256 g/mol. The number of nitrogens with zero attached hydrogens (tertiary/aromatic N) is 2. The number of rotatable bonds is 5. The van der Waals surface area contributed by atoms with Gasteiger partial charge in [0.1, 0.15) is 0 Å². The summed E-state index contributed by atoms with van der Waals surface area (Å²) in [4.78, 5) is 22.9. The van der Waals surface area contributed by atoms with Gasteiger partial charge in [0.15, 0.2) is 0 Å². The van der Waals surface area contributed by atoms with Gasteiger partial charge in [-0.15, -0.1) is 0 Å². The maximum atomic E-state index is 12.1. The van der Waals surface area contributed by atoms with Crippen molar-refractivity contribution in [2.24, 2.45) is 5.10 Å². The summed E-state index contributed by atoms with van der Waals surface area (Å²) < 4.78 is 0. The average Bonchev–Trinajstić information content (AvgIpc) is 2.73. The Morgan fingerprint density at radius 3 is 2.55 bits per heavy atom. The minimum atomic E-state index is -0.999. The maximum absolute atomic E-state index is 12.1. The van der Waals surface area contributed by atoms with Crippen LogP contribution in [-0.2, 0) is 4.79 Å². The third kappa shape index (κ3) is 2.61. The number of hydrogen-bond acceptors (Lipinski definition) is 3. The molecule has 0 fully saturated rings. The van der Waals surface area contributed by atoms with E-state index in [0.717, 1.165) is 19.3 Å². The molecule has 1 aliphatic heterocycles. The van der Waals surface area contributed by atoms with E-state index in [2.05, 4.69) is 18.6 Å². The number of hydrogen-bond donors (Lipinski definition) is 1. The molecule has 1 aromatic rings. The van der Waals surface area contributed by atoms with Crippen molar-refractivity contribution >= 4 is 23.3 Å². The third-order valence-electron chi connectivity index (χ3n) is 3.15. The number of carbonyl (C=O) groups excluding carboxylic acids is 1. The number of hydrazone groups is 1. The predicted molar refractivity (Wildman–Crippen MR) is 77.0 cm³/mol. The van der Waals surface area contributed by atoms with Crippen LogP contribution in [0.1, 0.15) is 36.5 Å². The van der Waals surface area contributed by atoms with Crippen molar-refractivity contribution in [2.75, 3.05) is 5.01 Å². The van der Waals surface area contributed by atoms with Crippen LogP contribution in [0.3, 0.4) is 0 Å². The Bertz CT molecular complexity index is 588. The van der Waals surface area contributed by atoms with Crippen LogP contribution in [-0.4, -0.2) is 22.7 Å². The van der Waals surface area contributed by atoms with Crippen molar-refractivity contribution in [2.45, 2.75) is 26.2 Å². The number of benzene rings is 1. The van der Waals surface area contributed by atoms with Crippen LogP contribution in [0.4, 0.5) is 5.69 Å². The molecular formula is C15H16N2O3. The molecule has 1 aliphatic rings. The molecule has 0 aromatic heterocycles. The third-order valence-corrected chi connectivity index (χ3v) is 3.15. The zero-order valence-electron chi connectivity index (χ0n) is 11.3. The molecule has 0 spiro atoms. The average molecular weight is 272 g/mol. The molecule has 1 N–H and O–H groups in total. The van der Waals surface area contributed by atoms with Crippen LogP contribution in [0.25, 0.3) is 0 Å². The summed E-state index contributed by atoms with van der Waals surface area (Å²) in [5.74, 6) is -1.25. The van der Waals surface area contributed by atoms with Crippen molar-refractivity contribution in [3.8, 4) is 0 Å². The van der Waals surface area contributed by atoms with Crippen molar-refractivity contribution in [3.05, 3.63) is 42.0 Å². The number of carbonyl (C=O) groups is 2. The first-order chi connectivity index (χ1) is 9.54. The van der Waals surface area contributed by atoms with E-state index in [1.165, 1.54) is 17.1 Å². The lowest BCUT2D eigenvalue weighted by Crippen LogP contribution is -2.20. The minimum absolute atomic E-state index is 0.175. The first kappa shape index (κ1) is 14.0. The lowest BCUT2D eigenvalue weighted by Gasteiger charge is -2.11. The molecule has 20 heavy (non-hydrogen) atoms. The van der Waals surface area contributed by atoms with Crippen molar-refractivity contribution in [1.82, 2.24) is 0 Å². The fourth-order valence-electron chi connectivity index (χ4n) is 1.94. The van der Waals surface area contributed by atoms with Crippen LogP contribution in [0.5, 0.6) is 0 Å². The molecule has 0 saturated heterocycles. The van der Waals surface area contributed by atoms with E-state index in [1.807, 2.05) is 0 Å². The van der Waals surface area contributed by atoms with Crippen molar-refractivity contribution in [1.29, 1.82) is 0 Å². The van der Waals surface area contributed by atoms with E-state index in [9.17, 15) is 9.59 Å². The summed E-state index contributed by atoms with van der Waals surface area (Å²) in [5, 5.41) is 14.4. The highest BCUT2D eigenvalue weighted by atomic mass is 16.4. The Morgan fingerprint density at radius 2 is 2.00 bits per heavy atom. The summed E-state index contributed by atoms with van der Waals surface area (Å²) in [6, 6.07) is 6.04. The van der Waals surface area contributed by atoms with Gasteiger partial charge in [0.05, 0.1) is 22.5 Å². The number of anilines is 1. The summed E-state index contributed by atoms with van der Waals surface area (Å²) in [6.45, 7) is 5.85. The number of carboxylic acid groups (broad SMARTS) is 1. The van der Waals surface area contributed by atoms with Crippen molar-refractivity contribution in [3.63, 3.8) is 0 Å². The summed E-state index contributed by atoms with van der Waals surface area (Å²) in [5.41, 5.74) is 1.85. The number of carboxylic acids is 1. The molecule has 0 bridgehead atoms. The molecule has 5 heteroatoms. The van der Waals surface area contributed by atoms with Gasteiger partial charge in [-0.2, -0.15) is 10.1 Å². The van der Waals surface area contributed by atoms with E-state index < -0.39 is 5.97 Å². The van der Waals surface area contributed by atoms with Crippen LogP contribution in [0.2, 0.25) is 0 Å². The van der Waals surface area contributed by atoms with Gasteiger partial charge >= 0.3 is 5.97 Å². The molecule has 1 heterocycles. The Kier molecular flexibility index (Phi) is 3.98. The molecule has 1 aromatic carbocycles. The summed E-state index contributed by atoms with van der Waals surface area (Å²) in [6.07, 6.45) is 2.70. The molecule has 1 amide bonds. The SMILES string of the molecule is C=C1C(=O)N(c2ccc(C(=O)O)cc2)N=C1CCCC. The van der Waals surface area contributed by atoms with Gasteiger partial charge in [-0.05, 0) is 37.1 Å². The first-order valence-electron chi connectivity index (χ1n) is 6.49. The minimum Gasteiger partial charge on any atom is -0.478 e. The molecule has 2 rings (SSSR count). The largest absolute Gasteiger partial charge is 0.478 e. The van der Waals surface area contributed by atoms with Crippen molar-refractivity contribution < 1.29 is 14.7 Å². The standard InChI is InChI=1S/C15H16N2O3/c1-3-4-5-13-10(2)14(18)17(16-13)12-8-6-11(7-9-12)15(19)20/h6-9H,2-5H2,1H3,(H,19,20). The molecule has 104 valence electrons. The van der Waals surface area contributed by atoms with Gasteiger partial charge in [-0.3, -0.25) is 4.79 Å². The second-order valence-corrected chi connectivity index (χ2v) is 4.60. The molecule has 0 radical (unpaired) electrons. The lowest BCUT2D eigenvalue weighted by molar-refractivity contribution is -0.114. The summed E-state index contributed by atoms with van der Waals surface area (Å²) in [7, 11) is 0. The molecule has 0 atom stereocenters. The molecule has 0 aliphatic carbocycles. The van der Waals surface area contributed by atoms with Crippen LogP contribution >= 0.6 is 0 Å². The second-order valence-electron chi connectivity index (χ2n) is 4.60. The van der Waals surface area contributed by atoms with Gasteiger partial charge in [0.25, 0.3) is 5.91 Å². The molecule has 0 saturated carbocycles. The highest BCUT2D eigenvalue weighted by molar-refractivity contribution is 6.29. The van der Waals surface area contributed by atoms with E-state index in [0.29, 0.717) is 17.0 Å². The van der Waals surface area contributed by atoms with Gasteiger partial charge in [-0.25, -0.2) is 4.79 Å². The Morgan fingerprint density at radius 1 is 1.35 bits per heavy atom. The van der Waals surface area contributed by atoms with Crippen LogP contribution in [0.15, 0.2) is 41.5 Å². The van der Waals surface area contributed by atoms with E-state index in [-0.39, 0.29) is 11.5 Å². The van der Waals surface area contributed by atoms with Gasteiger partial charge < -0.3 is 5.11 Å². The molecule has 5 nitrogen and oxygen atoms in total. The normalized spacial score (nSPS) is 14.7. The monoisotopic (exact) mass is 272 g/mol. The highest BCUT2D eigenvalue weighted by Crippen LogP contribution is 2.24. The van der Waals surface area contributed by atoms with E-state index in [1.54, 1.807) is 12.1 Å². The smallest absolute Gasteiger partial charge is 0.335 e. The Hall–Kier alpha value is -2.43. The first-order valence-corrected chi connectivity index (χ1v) is 6.49. The fourth-order valence-corrected chi connectivity index (χ4v) is 1.94. The molecule has 0 unspecified atom stereocenters. The van der Waals surface area contributed by atoms with E-state index >= 15 is 0 Å². The van der Waals surface area contributed by atoms with Gasteiger partial charge in [-0.1, -0.05) is 19.9 Å². The maximum Gasteiger partial charge on any atom is 0.335 e. The highest BCUT2D eigenvalue weighted by Gasteiger charge is 2.28. The zero-order valence-corrected chi connectivity index (χ0v) is 11.3. The second kappa shape index (κ2) is 5.69. The number of aromatic carboxylic acids is 1. The Labute approximate surface area is 117 Å². The quantitative estimate of drug-likeness (QED) is 0.838. The van der Waals surface area contributed by atoms with Crippen LogP contribution in [0, 0.1) is 0 Å². The Balaban J connectivity index is 2.23. The zero-order chi connectivity index (χ0) is 14.7. The summed E-state index contributed by atoms with van der Waals surface area (Å²) >= 11 is 0. The number of amides is 1. The topological polar surface area (TPSA) is 70.0 Å². The van der Waals surface area contributed by atoms with E-state index in [4.69, 9.17) is 5.11 Å². The fraction of sp³-hybridized carbons (Fsp3) is 0.267. The van der Waals surface area contributed by atoms with Crippen LogP contribution < -0.4 is 5.01 Å². The van der Waals surface area contributed by atoms with Gasteiger partial charge in [0, 0.05) is 0 Å². The number of unbranched alkanes of at least 4 members (excludes halogenated alkanes) is 1. The van der Waals surface area contributed by atoms with Gasteiger partial charge in [0.2, 0.25) is 0 Å². The lowest BCUT2D eigenvalue weighted by atomic mass is 10.1. The predicted octanol–water partition coefficient (Wildman–Crippen LogP) is 2.83.